The van der Waals surface area contributed by atoms with E-state index < -0.39 is 5.82 Å². The Morgan fingerprint density at radius 1 is 1.35 bits per heavy atom. The topological polar surface area (TPSA) is 41.1 Å². The van der Waals surface area contributed by atoms with Gasteiger partial charge in [-0.05, 0) is 63.2 Å². The van der Waals surface area contributed by atoms with E-state index in [1.807, 2.05) is 6.92 Å². The predicted molar refractivity (Wildman–Crippen MR) is 76.2 cm³/mol. The Hall–Kier alpha value is -1.42. The maximum Gasteiger partial charge on any atom is 0.254 e. The highest BCUT2D eigenvalue weighted by molar-refractivity contribution is 5.94. The highest BCUT2D eigenvalue weighted by atomic mass is 19.1. The number of carbonyl (C=O) groups is 1. The van der Waals surface area contributed by atoms with Crippen LogP contribution in [0, 0.1) is 18.2 Å². The van der Waals surface area contributed by atoms with Crippen LogP contribution in [0.15, 0.2) is 18.2 Å². The molecule has 1 aromatic rings. The first-order valence-corrected chi connectivity index (χ1v) is 7.36. The molecule has 0 unspecified atom stereocenters. The predicted octanol–water partition coefficient (Wildman–Crippen LogP) is 2.40. The first kappa shape index (κ1) is 13.6. The van der Waals surface area contributed by atoms with E-state index >= 15 is 0 Å². The zero-order valence-corrected chi connectivity index (χ0v) is 11.8. The molecular weight excluding hydrogens is 255 g/mol. The fourth-order valence-electron chi connectivity index (χ4n) is 3.53. The summed E-state index contributed by atoms with van der Waals surface area (Å²) in [6, 6.07) is 4.86. The molecule has 1 saturated heterocycles. The van der Waals surface area contributed by atoms with Crippen LogP contribution in [-0.4, -0.2) is 25.0 Å². The number of rotatable bonds is 2. The first-order chi connectivity index (χ1) is 9.58. The molecule has 4 heteroatoms. The van der Waals surface area contributed by atoms with Crippen molar-refractivity contribution in [1.29, 1.82) is 0 Å². The van der Waals surface area contributed by atoms with Gasteiger partial charge in [0, 0.05) is 6.04 Å². The van der Waals surface area contributed by atoms with Crippen LogP contribution >= 0.6 is 0 Å². The lowest BCUT2D eigenvalue weighted by Gasteiger charge is -2.50. The minimum atomic E-state index is -0.441. The first-order valence-electron chi connectivity index (χ1n) is 7.36. The van der Waals surface area contributed by atoms with E-state index in [1.165, 1.54) is 18.9 Å². The monoisotopic (exact) mass is 276 g/mol. The number of aryl methyl sites for hydroxylation is 1. The van der Waals surface area contributed by atoms with Crippen LogP contribution in [0.2, 0.25) is 0 Å². The Morgan fingerprint density at radius 2 is 2.05 bits per heavy atom. The van der Waals surface area contributed by atoms with Crippen LogP contribution in [-0.2, 0) is 0 Å². The van der Waals surface area contributed by atoms with Crippen LogP contribution in [0.1, 0.15) is 41.6 Å². The molecule has 1 aliphatic heterocycles. The number of carbonyl (C=O) groups excluding carboxylic acids is 1. The lowest BCUT2D eigenvalue weighted by molar-refractivity contribution is 0.0422. The van der Waals surface area contributed by atoms with Gasteiger partial charge < -0.3 is 10.6 Å². The van der Waals surface area contributed by atoms with Crippen LogP contribution < -0.4 is 10.6 Å². The molecule has 3 nitrogen and oxygen atoms in total. The summed E-state index contributed by atoms with van der Waals surface area (Å²) < 4.78 is 13.7. The molecule has 3 rings (SSSR count). The second-order valence-corrected chi connectivity index (χ2v) is 6.31. The van der Waals surface area contributed by atoms with Crippen molar-refractivity contribution in [3.8, 4) is 0 Å². The van der Waals surface area contributed by atoms with Crippen molar-refractivity contribution in [3.05, 3.63) is 35.1 Å². The smallest absolute Gasteiger partial charge is 0.254 e. The van der Waals surface area contributed by atoms with Gasteiger partial charge in [-0.25, -0.2) is 4.39 Å². The summed E-state index contributed by atoms with van der Waals surface area (Å²) in [4.78, 5) is 12.1. The highest BCUT2D eigenvalue weighted by Gasteiger charge is 2.45. The summed E-state index contributed by atoms with van der Waals surface area (Å²) in [6.45, 7) is 4.02. The van der Waals surface area contributed by atoms with Gasteiger partial charge in [0.05, 0.1) is 5.56 Å². The Kier molecular flexibility index (Phi) is 3.50. The van der Waals surface area contributed by atoms with Gasteiger partial charge in [-0.15, -0.1) is 0 Å². The van der Waals surface area contributed by atoms with Gasteiger partial charge in [-0.2, -0.15) is 0 Å². The number of benzene rings is 1. The number of halogens is 1. The molecule has 1 spiro atoms. The minimum absolute atomic E-state index is 0.163. The van der Waals surface area contributed by atoms with Gasteiger partial charge in [0.15, 0.2) is 0 Å². The molecule has 2 fully saturated rings. The quantitative estimate of drug-likeness (QED) is 0.871. The summed E-state index contributed by atoms with van der Waals surface area (Å²) >= 11 is 0. The molecule has 108 valence electrons. The van der Waals surface area contributed by atoms with Crippen LogP contribution in [0.3, 0.4) is 0 Å². The number of hydrogen-bond donors (Lipinski definition) is 2. The Bertz CT molecular complexity index is 515. The molecule has 0 radical (unpaired) electrons. The molecule has 1 amide bonds. The van der Waals surface area contributed by atoms with Crippen LogP contribution in [0.5, 0.6) is 0 Å². The molecule has 1 aliphatic carbocycles. The number of amides is 1. The Balaban J connectivity index is 1.59. The molecule has 20 heavy (non-hydrogen) atoms. The lowest BCUT2D eigenvalue weighted by atomic mass is 9.60. The molecular formula is C16H21FN2O. The zero-order chi connectivity index (χ0) is 14.2. The summed E-state index contributed by atoms with van der Waals surface area (Å²) in [5.74, 6) is -0.719. The van der Waals surface area contributed by atoms with Crippen molar-refractivity contribution < 1.29 is 9.18 Å². The van der Waals surface area contributed by atoms with Crippen molar-refractivity contribution in [3.63, 3.8) is 0 Å². The Labute approximate surface area is 118 Å². The molecule has 2 N–H and O–H groups in total. The number of piperidine rings is 1. The highest BCUT2D eigenvalue weighted by Crippen LogP contribution is 2.47. The maximum absolute atomic E-state index is 13.7. The van der Waals surface area contributed by atoms with E-state index in [9.17, 15) is 9.18 Å². The molecule has 2 aliphatic rings. The molecule has 1 heterocycles. The SMILES string of the molecule is Cc1ccc(F)c(C(=O)NC2CC3(CCNCC3)C2)c1. The summed E-state index contributed by atoms with van der Waals surface area (Å²) in [7, 11) is 0. The third-order valence-corrected chi connectivity index (χ3v) is 4.72. The van der Waals surface area contributed by atoms with Crippen molar-refractivity contribution >= 4 is 5.91 Å². The fourth-order valence-corrected chi connectivity index (χ4v) is 3.53. The average Bonchev–Trinajstić information content (AvgIpc) is 2.41. The molecule has 0 aromatic heterocycles. The van der Waals surface area contributed by atoms with E-state index in [1.54, 1.807) is 12.1 Å². The van der Waals surface area contributed by atoms with E-state index in [2.05, 4.69) is 10.6 Å². The van der Waals surface area contributed by atoms with Crippen molar-refractivity contribution in [2.45, 2.75) is 38.6 Å². The minimum Gasteiger partial charge on any atom is -0.349 e. The largest absolute Gasteiger partial charge is 0.349 e. The van der Waals surface area contributed by atoms with Crippen molar-refractivity contribution in [1.82, 2.24) is 10.6 Å². The summed E-state index contributed by atoms with van der Waals surface area (Å²) in [5, 5.41) is 6.34. The lowest BCUT2D eigenvalue weighted by Crippen LogP contribution is -2.54. The van der Waals surface area contributed by atoms with Crippen molar-refractivity contribution in [2.24, 2.45) is 5.41 Å². The fraction of sp³-hybridized carbons (Fsp3) is 0.562. The molecule has 1 saturated carbocycles. The number of nitrogens with one attached hydrogen (secondary N) is 2. The molecule has 0 bridgehead atoms. The van der Waals surface area contributed by atoms with Gasteiger partial charge in [0.1, 0.15) is 5.82 Å². The van der Waals surface area contributed by atoms with E-state index in [0.29, 0.717) is 5.41 Å². The second-order valence-electron chi connectivity index (χ2n) is 6.31. The van der Waals surface area contributed by atoms with E-state index in [4.69, 9.17) is 0 Å². The van der Waals surface area contributed by atoms with Crippen molar-refractivity contribution in [2.75, 3.05) is 13.1 Å². The summed E-state index contributed by atoms with van der Waals surface area (Å²) in [6.07, 6.45) is 4.46. The van der Waals surface area contributed by atoms with Gasteiger partial charge in [0.2, 0.25) is 0 Å². The second kappa shape index (κ2) is 5.17. The average molecular weight is 276 g/mol. The molecule has 1 aromatic carbocycles. The standard InChI is InChI=1S/C16H21FN2O/c1-11-2-3-14(17)13(8-11)15(20)19-12-9-16(10-12)4-6-18-7-5-16/h2-3,8,12,18H,4-7,9-10H2,1H3,(H,19,20). The van der Waals surface area contributed by atoms with Gasteiger partial charge >= 0.3 is 0 Å². The Morgan fingerprint density at radius 3 is 2.75 bits per heavy atom. The third kappa shape index (κ3) is 2.57. The van der Waals surface area contributed by atoms with Crippen LogP contribution in [0.25, 0.3) is 0 Å². The van der Waals surface area contributed by atoms with E-state index in [-0.39, 0.29) is 17.5 Å². The van der Waals surface area contributed by atoms with Gasteiger partial charge in [-0.1, -0.05) is 11.6 Å². The zero-order valence-electron chi connectivity index (χ0n) is 11.8. The van der Waals surface area contributed by atoms with E-state index in [0.717, 1.165) is 31.5 Å². The number of hydrogen-bond acceptors (Lipinski definition) is 2. The van der Waals surface area contributed by atoms with Crippen LogP contribution in [0.4, 0.5) is 4.39 Å². The summed E-state index contributed by atoms with van der Waals surface area (Å²) in [5.41, 5.74) is 1.49. The van der Waals surface area contributed by atoms with Gasteiger partial charge in [-0.3, -0.25) is 4.79 Å². The normalized spacial score (nSPS) is 21.5. The maximum atomic E-state index is 13.7. The third-order valence-electron chi connectivity index (χ3n) is 4.72. The molecule has 0 atom stereocenters. The van der Waals surface area contributed by atoms with Gasteiger partial charge in [0.25, 0.3) is 5.91 Å².